The molecule has 0 aliphatic carbocycles. The number of halogens is 1. The predicted octanol–water partition coefficient (Wildman–Crippen LogP) is 4.66. The zero-order chi connectivity index (χ0) is 14.7. The number of rotatable bonds is 4. The highest BCUT2D eigenvalue weighted by molar-refractivity contribution is 9.10. The van der Waals surface area contributed by atoms with Crippen molar-refractivity contribution in [2.75, 3.05) is 0 Å². The van der Waals surface area contributed by atoms with Crippen molar-refractivity contribution in [3.05, 3.63) is 63.1 Å². The summed E-state index contributed by atoms with van der Waals surface area (Å²) in [6.07, 6.45) is 0. The number of hydrogen-bond donors (Lipinski definition) is 1. The third-order valence-corrected chi connectivity index (χ3v) is 3.92. The maximum Gasteiger partial charge on any atom is 0.124 e. The summed E-state index contributed by atoms with van der Waals surface area (Å²) in [5, 5.41) is 0. The van der Waals surface area contributed by atoms with Crippen molar-refractivity contribution in [3.63, 3.8) is 0 Å². The minimum Gasteiger partial charge on any atom is -0.489 e. The van der Waals surface area contributed by atoms with Gasteiger partial charge in [0.1, 0.15) is 12.4 Å². The SMILES string of the molecule is Cc1ccc(COc2ccc(Br)cc2C(C)N)cc1C. The number of benzene rings is 2. The summed E-state index contributed by atoms with van der Waals surface area (Å²) >= 11 is 3.47. The van der Waals surface area contributed by atoms with Crippen LogP contribution in [0.1, 0.15) is 35.2 Å². The molecule has 0 bridgehead atoms. The highest BCUT2D eigenvalue weighted by Crippen LogP contribution is 2.28. The quantitative estimate of drug-likeness (QED) is 0.882. The van der Waals surface area contributed by atoms with E-state index in [0.717, 1.165) is 15.8 Å². The Kier molecular flexibility index (Phi) is 4.84. The molecule has 3 heteroatoms. The summed E-state index contributed by atoms with van der Waals surface area (Å²) in [7, 11) is 0. The Bertz CT molecular complexity index is 608. The number of nitrogens with two attached hydrogens (primary N) is 1. The molecule has 0 aromatic heterocycles. The fraction of sp³-hybridized carbons (Fsp3) is 0.294. The van der Waals surface area contributed by atoms with Gasteiger partial charge in [-0.3, -0.25) is 0 Å². The molecule has 0 radical (unpaired) electrons. The average molecular weight is 334 g/mol. The highest BCUT2D eigenvalue weighted by atomic mass is 79.9. The van der Waals surface area contributed by atoms with Crippen molar-refractivity contribution in [3.8, 4) is 5.75 Å². The minimum absolute atomic E-state index is 0.0535. The van der Waals surface area contributed by atoms with Crippen LogP contribution in [0.15, 0.2) is 40.9 Å². The van der Waals surface area contributed by atoms with Gasteiger partial charge < -0.3 is 10.5 Å². The summed E-state index contributed by atoms with van der Waals surface area (Å²) in [6.45, 7) is 6.75. The van der Waals surface area contributed by atoms with Crippen LogP contribution in [0.2, 0.25) is 0 Å². The van der Waals surface area contributed by atoms with Crippen LogP contribution < -0.4 is 10.5 Å². The van der Waals surface area contributed by atoms with Gasteiger partial charge in [0, 0.05) is 16.1 Å². The van der Waals surface area contributed by atoms with Crippen molar-refractivity contribution < 1.29 is 4.74 Å². The molecule has 2 aromatic rings. The minimum atomic E-state index is -0.0535. The van der Waals surface area contributed by atoms with Crippen LogP contribution in [0, 0.1) is 13.8 Å². The Morgan fingerprint density at radius 2 is 1.85 bits per heavy atom. The molecule has 0 saturated carbocycles. The molecule has 0 fully saturated rings. The molecule has 20 heavy (non-hydrogen) atoms. The average Bonchev–Trinajstić information content (AvgIpc) is 2.41. The van der Waals surface area contributed by atoms with Crippen LogP contribution in [0.3, 0.4) is 0 Å². The van der Waals surface area contributed by atoms with Gasteiger partial charge >= 0.3 is 0 Å². The van der Waals surface area contributed by atoms with Gasteiger partial charge in [-0.15, -0.1) is 0 Å². The topological polar surface area (TPSA) is 35.2 Å². The first-order chi connectivity index (χ1) is 9.47. The van der Waals surface area contributed by atoms with Crippen molar-refractivity contribution in [2.24, 2.45) is 5.73 Å². The molecule has 0 aliphatic rings. The summed E-state index contributed by atoms with van der Waals surface area (Å²) in [6, 6.07) is 12.3. The van der Waals surface area contributed by atoms with Crippen molar-refractivity contribution in [1.29, 1.82) is 0 Å². The third-order valence-electron chi connectivity index (χ3n) is 3.43. The van der Waals surface area contributed by atoms with Crippen LogP contribution in [0.4, 0.5) is 0 Å². The monoisotopic (exact) mass is 333 g/mol. The molecular weight excluding hydrogens is 314 g/mol. The molecule has 2 N–H and O–H groups in total. The Hall–Kier alpha value is -1.32. The second-order valence-corrected chi connectivity index (χ2v) is 6.09. The Labute approximate surface area is 129 Å². The van der Waals surface area contributed by atoms with Gasteiger partial charge in [-0.25, -0.2) is 0 Å². The molecule has 1 unspecified atom stereocenters. The van der Waals surface area contributed by atoms with Crippen LogP contribution in [0.5, 0.6) is 5.75 Å². The van der Waals surface area contributed by atoms with Crippen LogP contribution in [-0.4, -0.2) is 0 Å². The summed E-state index contributed by atoms with van der Waals surface area (Å²) < 4.78 is 6.95. The largest absolute Gasteiger partial charge is 0.489 e. The van der Waals surface area contributed by atoms with E-state index in [-0.39, 0.29) is 6.04 Å². The summed E-state index contributed by atoms with van der Waals surface area (Å²) in [5.41, 5.74) is 10.8. The molecule has 2 rings (SSSR count). The number of hydrogen-bond acceptors (Lipinski definition) is 2. The third kappa shape index (κ3) is 3.62. The van der Waals surface area contributed by atoms with E-state index >= 15 is 0 Å². The molecular formula is C17H20BrNO. The Balaban J connectivity index is 2.16. The van der Waals surface area contributed by atoms with E-state index in [0.29, 0.717) is 6.61 Å². The lowest BCUT2D eigenvalue weighted by atomic mass is 10.1. The standard InChI is InChI=1S/C17H20BrNO/c1-11-4-5-14(8-12(11)2)10-20-17-7-6-15(18)9-16(17)13(3)19/h4-9,13H,10,19H2,1-3H3. The lowest BCUT2D eigenvalue weighted by Gasteiger charge is -2.15. The lowest BCUT2D eigenvalue weighted by Crippen LogP contribution is -2.08. The molecule has 0 amide bonds. The molecule has 2 nitrogen and oxygen atoms in total. The van der Waals surface area contributed by atoms with E-state index in [1.807, 2.05) is 25.1 Å². The van der Waals surface area contributed by atoms with Crippen LogP contribution in [0.25, 0.3) is 0 Å². The van der Waals surface area contributed by atoms with Crippen LogP contribution in [-0.2, 0) is 6.61 Å². The van der Waals surface area contributed by atoms with E-state index < -0.39 is 0 Å². The first-order valence-electron chi connectivity index (χ1n) is 6.71. The summed E-state index contributed by atoms with van der Waals surface area (Å²) in [5.74, 6) is 0.849. The van der Waals surface area contributed by atoms with E-state index in [9.17, 15) is 0 Å². The maximum absolute atomic E-state index is 6.00. The van der Waals surface area contributed by atoms with E-state index in [4.69, 9.17) is 10.5 Å². The van der Waals surface area contributed by atoms with Gasteiger partial charge in [0.25, 0.3) is 0 Å². The zero-order valence-electron chi connectivity index (χ0n) is 12.1. The van der Waals surface area contributed by atoms with Crippen LogP contribution >= 0.6 is 15.9 Å². The predicted molar refractivity (Wildman–Crippen MR) is 87.0 cm³/mol. The fourth-order valence-corrected chi connectivity index (χ4v) is 2.44. The number of ether oxygens (including phenoxy) is 1. The first-order valence-corrected chi connectivity index (χ1v) is 7.50. The number of aryl methyl sites for hydroxylation is 2. The molecule has 1 atom stereocenters. The zero-order valence-corrected chi connectivity index (χ0v) is 13.7. The fourth-order valence-electron chi connectivity index (χ4n) is 2.06. The van der Waals surface area contributed by atoms with Gasteiger partial charge in [0.05, 0.1) is 0 Å². The molecule has 2 aromatic carbocycles. The van der Waals surface area contributed by atoms with Gasteiger partial charge in [-0.2, -0.15) is 0 Å². The maximum atomic E-state index is 6.00. The van der Waals surface area contributed by atoms with Gasteiger partial charge in [0.15, 0.2) is 0 Å². The smallest absolute Gasteiger partial charge is 0.124 e. The molecule has 0 spiro atoms. The van der Waals surface area contributed by atoms with Crippen molar-refractivity contribution in [1.82, 2.24) is 0 Å². The van der Waals surface area contributed by atoms with Crippen molar-refractivity contribution >= 4 is 15.9 Å². The molecule has 106 valence electrons. The van der Waals surface area contributed by atoms with Gasteiger partial charge in [-0.1, -0.05) is 34.1 Å². The molecule has 0 heterocycles. The first kappa shape index (κ1) is 15.1. The summed E-state index contributed by atoms with van der Waals surface area (Å²) in [4.78, 5) is 0. The second-order valence-electron chi connectivity index (χ2n) is 5.18. The molecule has 0 saturated heterocycles. The lowest BCUT2D eigenvalue weighted by molar-refractivity contribution is 0.301. The highest BCUT2D eigenvalue weighted by Gasteiger charge is 2.09. The van der Waals surface area contributed by atoms with E-state index in [2.05, 4.69) is 48.0 Å². The van der Waals surface area contributed by atoms with Gasteiger partial charge in [-0.05, 0) is 55.7 Å². The Morgan fingerprint density at radius 3 is 2.50 bits per heavy atom. The normalized spacial score (nSPS) is 12.2. The van der Waals surface area contributed by atoms with E-state index in [1.165, 1.54) is 16.7 Å². The van der Waals surface area contributed by atoms with E-state index in [1.54, 1.807) is 0 Å². The van der Waals surface area contributed by atoms with Crippen molar-refractivity contribution in [2.45, 2.75) is 33.4 Å². The Morgan fingerprint density at radius 1 is 1.10 bits per heavy atom. The van der Waals surface area contributed by atoms with Gasteiger partial charge in [0.2, 0.25) is 0 Å². The molecule has 0 aliphatic heterocycles. The second kappa shape index (κ2) is 6.42.